The molecule has 2 aromatic carbocycles. The molecule has 3 rings (SSSR count). The van der Waals surface area contributed by atoms with Crippen LogP contribution in [0.5, 0.6) is 11.5 Å². The summed E-state index contributed by atoms with van der Waals surface area (Å²) in [6.07, 6.45) is 0. The number of anilines is 1. The van der Waals surface area contributed by atoms with Crippen LogP contribution < -0.4 is 20.1 Å². The van der Waals surface area contributed by atoms with Crippen LogP contribution in [0.15, 0.2) is 42.5 Å². The van der Waals surface area contributed by atoms with Gasteiger partial charge in [-0.1, -0.05) is 37.6 Å². The fourth-order valence-electron chi connectivity index (χ4n) is 2.83. The highest BCUT2D eigenvalue weighted by molar-refractivity contribution is 5.89. The number of benzene rings is 2. The second-order valence-electron chi connectivity index (χ2n) is 6.59. The van der Waals surface area contributed by atoms with Crippen molar-refractivity contribution in [3.8, 4) is 11.5 Å². The number of carbonyl (C=O) groups is 1. The lowest BCUT2D eigenvalue weighted by Gasteiger charge is -2.25. The Morgan fingerprint density at radius 1 is 1.00 bits per heavy atom. The van der Waals surface area contributed by atoms with Crippen LogP contribution in [0.2, 0.25) is 0 Å². The van der Waals surface area contributed by atoms with Gasteiger partial charge in [-0.3, -0.25) is 0 Å². The van der Waals surface area contributed by atoms with Crippen LogP contribution in [-0.4, -0.2) is 19.2 Å². The van der Waals surface area contributed by atoms with Gasteiger partial charge in [0, 0.05) is 5.69 Å². The molecule has 0 bridgehead atoms. The molecule has 2 aromatic rings. The SMILES string of the molecule is Cc1ccc(NC(=O)NC(c2ccc3c(c2)OCCO3)C(C)C)cc1. The molecule has 5 nitrogen and oxygen atoms in total. The second-order valence-corrected chi connectivity index (χ2v) is 6.59. The van der Waals surface area contributed by atoms with Crippen LogP contribution >= 0.6 is 0 Å². The molecule has 5 heteroatoms. The number of nitrogens with one attached hydrogen (secondary N) is 2. The highest BCUT2D eigenvalue weighted by atomic mass is 16.6. The van der Waals surface area contributed by atoms with Crippen LogP contribution in [0.1, 0.15) is 31.0 Å². The van der Waals surface area contributed by atoms with Gasteiger partial charge in [-0.05, 0) is 42.7 Å². The summed E-state index contributed by atoms with van der Waals surface area (Å²) in [5.74, 6) is 1.71. The molecule has 2 amide bonds. The third-order valence-corrected chi connectivity index (χ3v) is 4.19. The minimum Gasteiger partial charge on any atom is -0.486 e. The van der Waals surface area contributed by atoms with Gasteiger partial charge in [0.05, 0.1) is 6.04 Å². The first-order chi connectivity index (χ1) is 12.0. The van der Waals surface area contributed by atoms with Crippen LogP contribution in [0, 0.1) is 12.8 Å². The van der Waals surface area contributed by atoms with Crippen molar-refractivity contribution in [1.29, 1.82) is 0 Å². The molecule has 1 atom stereocenters. The molecule has 1 heterocycles. The first kappa shape index (κ1) is 17.1. The van der Waals surface area contributed by atoms with Gasteiger partial charge < -0.3 is 20.1 Å². The maximum absolute atomic E-state index is 12.4. The van der Waals surface area contributed by atoms with Crippen molar-refractivity contribution in [2.24, 2.45) is 5.92 Å². The van der Waals surface area contributed by atoms with Crippen molar-refractivity contribution in [3.63, 3.8) is 0 Å². The molecule has 0 aliphatic carbocycles. The maximum atomic E-state index is 12.4. The van der Waals surface area contributed by atoms with E-state index in [9.17, 15) is 4.79 Å². The second kappa shape index (κ2) is 7.47. The molecule has 0 fully saturated rings. The summed E-state index contributed by atoms with van der Waals surface area (Å²) in [5, 5.41) is 5.94. The molecular weight excluding hydrogens is 316 g/mol. The lowest BCUT2D eigenvalue weighted by molar-refractivity contribution is 0.171. The standard InChI is InChI=1S/C20H24N2O3/c1-13(2)19(15-6-9-17-18(12-15)25-11-10-24-17)22-20(23)21-16-7-4-14(3)5-8-16/h4-9,12-13,19H,10-11H2,1-3H3,(H2,21,22,23). The fourth-order valence-corrected chi connectivity index (χ4v) is 2.83. The van der Waals surface area contributed by atoms with Crippen LogP contribution in [-0.2, 0) is 0 Å². The smallest absolute Gasteiger partial charge is 0.319 e. The molecule has 2 N–H and O–H groups in total. The van der Waals surface area contributed by atoms with Gasteiger partial charge in [-0.15, -0.1) is 0 Å². The Hall–Kier alpha value is -2.69. The van der Waals surface area contributed by atoms with Gasteiger partial charge in [-0.25, -0.2) is 4.79 Å². The average Bonchev–Trinajstić information content (AvgIpc) is 2.61. The Labute approximate surface area is 148 Å². The normalized spacial score (nSPS) is 14.1. The number of carbonyl (C=O) groups excluding carboxylic acids is 1. The summed E-state index contributed by atoms with van der Waals surface area (Å²) in [7, 11) is 0. The van der Waals surface area contributed by atoms with E-state index in [1.807, 2.05) is 49.4 Å². The van der Waals surface area contributed by atoms with E-state index in [2.05, 4.69) is 24.5 Å². The number of amides is 2. The topological polar surface area (TPSA) is 59.6 Å². The summed E-state index contributed by atoms with van der Waals surface area (Å²) in [6, 6.07) is 13.2. The number of urea groups is 1. The zero-order valence-corrected chi connectivity index (χ0v) is 14.8. The van der Waals surface area contributed by atoms with Gasteiger partial charge >= 0.3 is 6.03 Å². The van der Waals surface area contributed by atoms with E-state index in [1.54, 1.807) is 0 Å². The van der Waals surface area contributed by atoms with Crippen molar-refractivity contribution in [2.45, 2.75) is 26.8 Å². The number of ether oxygens (including phenoxy) is 2. The van der Waals surface area contributed by atoms with Crippen molar-refractivity contribution < 1.29 is 14.3 Å². The van der Waals surface area contributed by atoms with Gasteiger partial charge in [0.2, 0.25) is 0 Å². The number of rotatable bonds is 4. The monoisotopic (exact) mass is 340 g/mol. The lowest BCUT2D eigenvalue weighted by Crippen LogP contribution is -2.35. The zero-order chi connectivity index (χ0) is 17.8. The predicted molar refractivity (Wildman–Crippen MR) is 98.3 cm³/mol. The molecule has 1 unspecified atom stereocenters. The predicted octanol–water partition coefficient (Wildman–Crippen LogP) is 4.29. The van der Waals surface area contributed by atoms with E-state index < -0.39 is 0 Å². The largest absolute Gasteiger partial charge is 0.486 e. The van der Waals surface area contributed by atoms with Crippen molar-refractivity contribution in [1.82, 2.24) is 5.32 Å². The van der Waals surface area contributed by atoms with E-state index in [0.29, 0.717) is 13.2 Å². The Kier molecular flexibility index (Phi) is 5.12. The highest BCUT2D eigenvalue weighted by Gasteiger charge is 2.21. The number of aryl methyl sites for hydroxylation is 1. The summed E-state index contributed by atoms with van der Waals surface area (Å²) in [5.41, 5.74) is 2.92. The van der Waals surface area contributed by atoms with Gasteiger partial charge in [0.1, 0.15) is 13.2 Å². The minimum atomic E-state index is -0.225. The summed E-state index contributed by atoms with van der Waals surface area (Å²) >= 11 is 0. The molecule has 0 aromatic heterocycles. The minimum absolute atomic E-state index is 0.124. The van der Waals surface area contributed by atoms with Crippen molar-refractivity contribution in [2.75, 3.05) is 18.5 Å². The van der Waals surface area contributed by atoms with Gasteiger partial charge in [-0.2, -0.15) is 0 Å². The third-order valence-electron chi connectivity index (χ3n) is 4.19. The van der Waals surface area contributed by atoms with Gasteiger partial charge in [0.15, 0.2) is 11.5 Å². The van der Waals surface area contributed by atoms with E-state index in [-0.39, 0.29) is 18.0 Å². The number of fused-ring (bicyclic) bond motifs is 1. The highest BCUT2D eigenvalue weighted by Crippen LogP contribution is 2.34. The lowest BCUT2D eigenvalue weighted by atomic mass is 9.95. The molecule has 0 radical (unpaired) electrons. The van der Waals surface area contributed by atoms with E-state index >= 15 is 0 Å². The summed E-state index contributed by atoms with van der Waals surface area (Å²) in [6.45, 7) is 7.28. The first-order valence-electron chi connectivity index (χ1n) is 8.56. The van der Waals surface area contributed by atoms with Crippen molar-refractivity contribution in [3.05, 3.63) is 53.6 Å². The quantitative estimate of drug-likeness (QED) is 0.873. The fraction of sp³-hybridized carbons (Fsp3) is 0.350. The maximum Gasteiger partial charge on any atom is 0.319 e. The van der Waals surface area contributed by atoms with Gasteiger partial charge in [0.25, 0.3) is 0 Å². The molecule has 0 saturated heterocycles. The first-order valence-corrected chi connectivity index (χ1v) is 8.56. The molecule has 132 valence electrons. The molecular formula is C20H24N2O3. The Balaban J connectivity index is 1.72. The molecule has 0 saturated carbocycles. The summed E-state index contributed by atoms with van der Waals surface area (Å²) in [4.78, 5) is 12.4. The van der Waals surface area contributed by atoms with E-state index in [1.165, 1.54) is 0 Å². The van der Waals surface area contributed by atoms with E-state index in [0.717, 1.165) is 28.3 Å². The number of hydrogen-bond donors (Lipinski definition) is 2. The zero-order valence-electron chi connectivity index (χ0n) is 14.8. The summed E-state index contributed by atoms with van der Waals surface area (Å²) < 4.78 is 11.2. The average molecular weight is 340 g/mol. The van der Waals surface area contributed by atoms with Crippen LogP contribution in [0.25, 0.3) is 0 Å². The van der Waals surface area contributed by atoms with Crippen LogP contribution in [0.4, 0.5) is 10.5 Å². The Morgan fingerprint density at radius 2 is 1.68 bits per heavy atom. The molecule has 25 heavy (non-hydrogen) atoms. The van der Waals surface area contributed by atoms with Crippen molar-refractivity contribution >= 4 is 11.7 Å². The van der Waals surface area contributed by atoms with Crippen LogP contribution in [0.3, 0.4) is 0 Å². The molecule has 0 spiro atoms. The molecule has 1 aliphatic rings. The third kappa shape index (κ3) is 4.24. The molecule has 1 aliphatic heterocycles. The number of hydrogen-bond acceptors (Lipinski definition) is 3. The Bertz CT molecular complexity index is 741. The Morgan fingerprint density at radius 3 is 2.36 bits per heavy atom. The van der Waals surface area contributed by atoms with E-state index in [4.69, 9.17) is 9.47 Å².